The van der Waals surface area contributed by atoms with Crippen molar-refractivity contribution < 1.29 is 19.1 Å². The van der Waals surface area contributed by atoms with E-state index in [4.69, 9.17) is 9.47 Å². The Balaban J connectivity index is 0.00000161. The molecule has 0 unspecified atom stereocenters. The van der Waals surface area contributed by atoms with Crippen molar-refractivity contribution in [1.82, 2.24) is 0 Å². The van der Waals surface area contributed by atoms with Crippen LogP contribution in [-0.2, 0) is 19.1 Å². The first-order valence-corrected chi connectivity index (χ1v) is 16.8. The van der Waals surface area contributed by atoms with Crippen LogP contribution >= 0.6 is 0 Å². The molecule has 0 saturated heterocycles. The topological polar surface area (TPSA) is 52.6 Å². The van der Waals surface area contributed by atoms with Crippen molar-refractivity contribution in [3.05, 3.63) is 35.4 Å². The standard InChI is InChI=1S/C28H54O4.C8H10/c1-3-5-7-9-11-13-15-17-19-21-23-27(29)31-25-26-32-28(30)24-22-20-18-16-14-12-10-8-6-4-2;1-7-3-5-8(2)6-4-7/h3-26H2,1-2H3;3-6H,1-2H3. The van der Waals surface area contributed by atoms with E-state index >= 15 is 0 Å². The van der Waals surface area contributed by atoms with Gasteiger partial charge in [-0.1, -0.05) is 165 Å². The van der Waals surface area contributed by atoms with Gasteiger partial charge in [0.05, 0.1) is 0 Å². The van der Waals surface area contributed by atoms with Crippen LogP contribution in [0.5, 0.6) is 0 Å². The highest BCUT2D eigenvalue weighted by molar-refractivity contribution is 5.70. The van der Waals surface area contributed by atoms with Gasteiger partial charge < -0.3 is 9.47 Å². The van der Waals surface area contributed by atoms with Crippen molar-refractivity contribution in [3.63, 3.8) is 0 Å². The van der Waals surface area contributed by atoms with E-state index in [0.29, 0.717) is 12.8 Å². The lowest BCUT2D eigenvalue weighted by Crippen LogP contribution is -2.13. The van der Waals surface area contributed by atoms with E-state index in [-0.39, 0.29) is 25.2 Å². The molecule has 0 aromatic heterocycles. The predicted molar refractivity (Wildman–Crippen MR) is 171 cm³/mol. The fourth-order valence-corrected chi connectivity index (χ4v) is 4.61. The molecule has 1 aromatic carbocycles. The largest absolute Gasteiger partial charge is 0.462 e. The number of benzene rings is 1. The van der Waals surface area contributed by atoms with Crippen molar-refractivity contribution >= 4 is 11.9 Å². The maximum absolute atomic E-state index is 11.7. The fraction of sp³-hybridized carbons (Fsp3) is 0.778. The average molecular weight is 561 g/mol. The third-order valence-corrected chi connectivity index (χ3v) is 7.30. The Kier molecular flexibility index (Phi) is 28.7. The molecule has 0 N–H and O–H groups in total. The van der Waals surface area contributed by atoms with Crippen LogP contribution in [0.2, 0.25) is 0 Å². The summed E-state index contributed by atoms with van der Waals surface area (Å²) in [7, 11) is 0. The molecule has 232 valence electrons. The van der Waals surface area contributed by atoms with Gasteiger partial charge in [0, 0.05) is 12.8 Å². The van der Waals surface area contributed by atoms with Gasteiger partial charge in [-0.2, -0.15) is 0 Å². The van der Waals surface area contributed by atoms with Crippen LogP contribution < -0.4 is 0 Å². The van der Waals surface area contributed by atoms with Gasteiger partial charge in [-0.05, 0) is 26.7 Å². The highest BCUT2D eigenvalue weighted by Crippen LogP contribution is 2.13. The Morgan fingerprint density at radius 2 is 0.700 bits per heavy atom. The molecule has 0 bridgehead atoms. The summed E-state index contributed by atoms with van der Waals surface area (Å²) in [5.74, 6) is -0.342. The third kappa shape index (κ3) is 29.2. The van der Waals surface area contributed by atoms with Gasteiger partial charge in [0.25, 0.3) is 0 Å². The van der Waals surface area contributed by atoms with Crippen molar-refractivity contribution in [1.29, 1.82) is 0 Å². The number of aryl methyl sites for hydroxylation is 2. The maximum atomic E-state index is 11.7. The second-order valence-electron chi connectivity index (χ2n) is 11.5. The highest BCUT2D eigenvalue weighted by atomic mass is 16.6. The van der Waals surface area contributed by atoms with Crippen LogP contribution in [0.25, 0.3) is 0 Å². The molecule has 0 aliphatic rings. The van der Waals surface area contributed by atoms with Crippen LogP contribution in [0, 0.1) is 13.8 Å². The minimum Gasteiger partial charge on any atom is -0.462 e. The lowest BCUT2D eigenvalue weighted by Gasteiger charge is -2.07. The summed E-state index contributed by atoms with van der Waals surface area (Å²) in [6.07, 6.45) is 26.0. The Bertz CT molecular complexity index is 624. The van der Waals surface area contributed by atoms with Crippen LogP contribution in [0.1, 0.15) is 166 Å². The molecule has 0 amide bonds. The van der Waals surface area contributed by atoms with Gasteiger partial charge in [0.1, 0.15) is 13.2 Å². The number of rotatable bonds is 25. The second kappa shape index (κ2) is 30.1. The molecule has 0 fully saturated rings. The van der Waals surface area contributed by atoms with Gasteiger partial charge in [0.15, 0.2) is 0 Å². The number of ether oxygens (including phenoxy) is 2. The molecular formula is C36H64O4. The van der Waals surface area contributed by atoms with Crippen LogP contribution in [0.4, 0.5) is 0 Å². The third-order valence-electron chi connectivity index (χ3n) is 7.30. The van der Waals surface area contributed by atoms with Crippen molar-refractivity contribution in [3.8, 4) is 0 Å². The molecule has 40 heavy (non-hydrogen) atoms. The van der Waals surface area contributed by atoms with Gasteiger partial charge in [0.2, 0.25) is 0 Å². The van der Waals surface area contributed by atoms with Gasteiger partial charge in [-0.15, -0.1) is 0 Å². The summed E-state index contributed by atoms with van der Waals surface area (Å²) in [6.45, 7) is 9.05. The van der Waals surface area contributed by atoms with E-state index in [0.717, 1.165) is 25.7 Å². The molecule has 1 rings (SSSR count). The van der Waals surface area contributed by atoms with Gasteiger partial charge >= 0.3 is 11.9 Å². The first-order chi connectivity index (χ1) is 19.5. The van der Waals surface area contributed by atoms with E-state index in [1.54, 1.807) is 0 Å². The molecular weight excluding hydrogens is 496 g/mol. The molecule has 4 heteroatoms. The summed E-state index contributed by atoms with van der Waals surface area (Å²) in [6, 6.07) is 8.48. The van der Waals surface area contributed by atoms with Crippen LogP contribution in [-0.4, -0.2) is 25.2 Å². The van der Waals surface area contributed by atoms with E-state index in [2.05, 4.69) is 52.0 Å². The molecule has 4 nitrogen and oxygen atoms in total. The summed E-state index contributed by atoms with van der Waals surface area (Å²) in [5.41, 5.74) is 2.66. The number of hydrogen-bond donors (Lipinski definition) is 0. The normalized spacial score (nSPS) is 10.6. The van der Waals surface area contributed by atoms with Crippen LogP contribution in [0.15, 0.2) is 24.3 Å². The zero-order valence-electron chi connectivity index (χ0n) is 26.9. The van der Waals surface area contributed by atoms with Crippen molar-refractivity contribution in [2.75, 3.05) is 13.2 Å². The fourth-order valence-electron chi connectivity index (χ4n) is 4.61. The van der Waals surface area contributed by atoms with Crippen molar-refractivity contribution in [2.24, 2.45) is 0 Å². The zero-order chi connectivity index (χ0) is 29.5. The molecule has 0 spiro atoms. The van der Waals surface area contributed by atoms with Gasteiger partial charge in [-0.25, -0.2) is 0 Å². The van der Waals surface area contributed by atoms with E-state index < -0.39 is 0 Å². The molecule has 0 saturated carbocycles. The quantitative estimate of drug-likeness (QED) is 0.0881. The first-order valence-electron chi connectivity index (χ1n) is 16.8. The molecule has 0 aliphatic heterocycles. The molecule has 0 heterocycles. The minimum atomic E-state index is -0.171. The van der Waals surface area contributed by atoms with Crippen molar-refractivity contribution in [2.45, 2.75) is 169 Å². The Labute approximate surface area is 248 Å². The SMILES string of the molecule is CCCCCCCCCCCCC(=O)OCCOC(=O)CCCCCCCCCCCC.Cc1ccc(C)cc1. The molecule has 0 aliphatic carbocycles. The summed E-state index contributed by atoms with van der Waals surface area (Å²) in [5, 5.41) is 0. The lowest BCUT2D eigenvalue weighted by atomic mass is 10.1. The summed E-state index contributed by atoms with van der Waals surface area (Å²) in [4.78, 5) is 23.5. The monoisotopic (exact) mass is 560 g/mol. The Morgan fingerprint density at radius 3 is 0.975 bits per heavy atom. The number of unbranched alkanes of at least 4 members (excludes halogenated alkanes) is 18. The lowest BCUT2D eigenvalue weighted by molar-refractivity contribution is -0.152. The smallest absolute Gasteiger partial charge is 0.305 e. The maximum Gasteiger partial charge on any atom is 0.305 e. The summed E-state index contributed by atoms with van der Waals surface area (Å²) >= 11 is 0. The highest BCUT2D eigenvalue weighted by Gasteiger charge is 2.05. The number of carbonyl (C=O) groups is 2. The molecule has 1 aromatic rings. The van der Waals surface area contributed by atoms with E-state index in [9.17, 15) is 9.59 Å². The number of carbonyl (C=O) groups excluding carboxylic acids is 2. The zero-order valence-corrected chi connectivity index (χ0v) is 26.9. The molecule has 0 atom stereocenters. The van der Waals surface area contributed by atoms with E-state index in [1.165, 1.54) is 114 Å². The Morgan fingerprint density at radius 1 is 0.450 bits per heavy atom. The molecule has 0 radical (unpaired) electrons. The average Bonchev–Trinajstić information content (AvgIpc) is 2.95. The summed E-state index contributed by atoms with van der Waals surface area (Å²) < 4.78 is 10.3. The number of hydrogen-bond acceptors (Lipinski definition) is 4. The van der Waals surface area contributed by atoms with Crippen LogP contribution in [0.3, 0.4) is 0 Å². The second-order valence-corrected chi connectivity index (χ2v) is 11.5. The van der Waals surface area contributed by atoms with E-state index in [1.807, 2.05) is 0 Å². The first kappa shape index (κ1) is 38.2. The minimum absolute atomic E-state index is 0.171. The Hall–Kier alpha value is -1.84. The number of esters is 2. The van der Waals surface area contributed by atoms with Gasteiger partial charge in [-0.3, -0.25) is 9.59 Å². The predicted octanol–water partition coefficient (Wildman–Crippen LogP) is 11.0.